The van der Waals surface area contributed by atoms with E-state index in [1.54, 1.807) is 0 Å². The van der Waals surface area contributed by atoms with Crippen LogP contribution in [0.1, 0.15) is 45.2 Å². The van der Waals surface area contributed by atoms with Gasteiger partial charge in [-0.1, -0.05) is 20.3 Å². The average molecular weight is 221 g/mol. The predicted octanol–water partition coefficient (Wildman–Crippen LogP) is 2.57. The van der Waals surface area contributed by atoms with Gasteiger partial charge in [-0.05, 0) is 31.2 Å². The molecule has 90 valence electrons. The van der Waals surface area contributed by atoms with Crippen LogP contribution in [0.25, 0.3) is 0 Å². The minimum Gasteiger partial charge on any atom is -0.333 e. The van der Waals surface area contributed by atoms with E-state index in [-0.39, 0.29) is 0 Å². The Morgan fingerprint density at radius 1 is 1.44 bits per heavy atom. The molecule has 1 aromatic heterocycles. The number of imidazole rings is 1. The van der Waals surface area contributed by atoms with Crippen molar-refractivity contribution in [1.29, 1.82) is 0 Å². The van der Waals surface area contributed by atoms with Gasteiger partial charge in [-0.2, -0.15) is 0 Å². The fourth-order valence-corrected chi connectivity index (χ4v) is 2.45. The third-order valence-corrected chi connectivity index (χ3v) is 3.60. The molecule has 0 atom stereocenters. The molecule has 0 aromatic carbocycles. The fourth-order valence-electron chi connectivity index (χ4n) is 2.45. The van der Waals surface area contributed by atoms with Crippen molar-refractivity contribution in [2.75, 3.05) is 6.54 Å². The zero-order valence-corrected chi connectivity index (χ0v) is 10.5. The first kappa shape index (κ1) is 11.6. The van der Waals surface area contributed by atoms with Gasteiger partial charge < -0.3 is 9.88 Å². The molecule has 1 aromatic rings. The Balaban J connectivity index is 1.96. The Kier molecular flexibility index (Phi) is 3.64. The first-order valence-corrected chi connectivity index (χ1v) is 6.49. The van der Waals surface area contributed by atoms with Gasteiger partial charge in [0.15, 0.2) is 0 Å². The van der Waals surface area contributed by atoms with Crippen LogP contribution in [0.15, 0.2) is 12.5 Å². The number of hydrogen-bond donors (Lipinski definition) is 1. The van der Waals surface area contributed by atoms with Gasteiger partial charge in [-0.3, -0.25) is 0 Å². The van der Waals surface area contributed by atoms with E-state index in [0.717, 1.165) is 13.1 Å². The normalized spacial score (nSPS) is 17.6. The zero-order valence-electron chi connectivity index (χ0n) is 10.5. The predicted molar refractivity (Wildman–Crippen MR) is 66.2 cm³/mol. The minimum absolute atomic E-state index is 0.608. The highest BCUT2D eigenvalue weighted by Crippen LogP contribution is 2.51. The van der Waals surface area contributed by atoms with Crippen LogP contribution in [0.2, 0.25) is 0 Å². The fraction of sp³-hybridized carbons (Fsp3) is 0.769. The zero-order chi connectivity index (χ0) is 11.4. The van der Waals surface area contributed by atoms with E-state index in [0.29, 0.717) is 5.41 Å². The van der Waals surface area contributed by atoms with E-state index in [1.807, 2.05) is 12.5 Å². The average Bonchev–Trinajstić information content (AvgIpc) is 2.89. The van der Waals surface area contributed by atoms with Crippen LogP contribution < -0.4 is 5.32 Å². The molecule has 2 rings (SSSR count). The highest BCUT2D eigenvalue weighted by atomic mass is 15.1. The Hall–Kier alpha value is -0.830. The molecule has 1 N–H and O–H groups in total. The molecular weight excluding hydrogens is 198 g/mol. The molecule has 3 heteroatoms. The number of aromatic nitrogens is 2. The number of rotatable bonds is 7. The number of nitrogens with zero attached hydrogens (tertiary/aromatic N) is 2. The Bertz CT molecular complexity index is 326. The summed E-state index contributed by atoms with van der Waals surface area (Å²) in [7, 11) is 0. The van der Waals surface area contributed by atoms with Gasteiger partial charge in [0.25, 0.3) is 0 Å². The highest BCUT2D eigenvalue weighted by Gasteiger charge is 2.41. The van der Waals surface area contributed by atoms with Gasteiger partial charge in [0.05, 0.1) is 12.0 Å². The van der Waals surface area contributed by atoms with Crippen LogP contribution >= 0.6 is 0 Å². The summed E-state index contributed by atoms with van der Waals surface area (Å²) in [6.07, 6.45) is 9.45. The molecule has 0 saturated heterocycles. The largest absolute Gasteiger partial charge is 0.333 e. The van der Waals surface area contributed by atoms with E-state index >= 15 is 0 Å². The molecule has 1 aliphatic carbocycles. The highest BCUT2D eigenvalue weighted by molar-refractivity contribution is 5.02. The second kappa shape index (κ2) is 5.00. The summed E-state index contributed by atoms with van der Waals surface area (Å²) in [6.45, 7) is 7.55. The monoisotopic (exact) mass is 221 g/mol. The quantitative estimate of drug-likeness (QED) is 0.767. The van der Waals surface area contributed by atoms with Crippen molar-refractivity contribution in [1.82, 2.24) is 14.9 Å². The van der Waals surface area contributed by atoms with Crippen molar-refractivity contribution in [2.24, 2.45) is 5.41 Å². The first-order chi connectivity index (χ1) is 7.79. The number of hydrogen-bond acceptors (Lipinski definition) is 2. The summed E-state index contributed by atoms with van der Waals surface area (Å²) in [5, 5.41) is 3.37. The van der Waals surface area contributed by atoms with E-state index in [1.165, 1.54) is 37.9 Å². The summed E-state index contributed by atoms with van der Waals surface area (Å²) in [5.41, 5.74) is 1.93. The molecule has 0 radical (unpaired) electrons. The summed E-state index contributed by atoms with van der Waals surface area (Å²) in [5.74, 6) is 0. The van der Waals surface area contributed by atoms with Crippen LogP contribution in [-0.2, 0) is 13.1 Å². The third kappa shape index (κ3) is 2.64. The molecule has 3 nitrogen and oxygen atoms in total. The van der Waals surface area contributed by atoms with Gasteiger partial charge in [-0.15, -0.1) is 0 Å². The molecule has 1 fully saturated rings. The molecule has 1 aliphatic rings. The van der Waals surface area contributed by atoms with E-state index in [2.05, 4.69) is 28.7 Å². The van der Waals surface area contributed by atoms with Gasteiger partial charge in [0.2, 0.25) is 0 Å². The molecule has 0 bridgehead atoms. The lowest BCUT2D eigenvalue weighted by Gasteiger charge is -2.17. The second-order valence-electron chi connectivity index (χ2n) is 5.04. The van der Waals surface area contributed by atoms with Crippen molar-refractivity contribution in [3.63, 3.8) is 0 Å². The first-order valence-electron chi connectivity index (χ1n) is 6.49. The summed E-state index contributed by atoms with van der Waals surface area (Å²) in [6, 6.07) is 0. The van der Waals surface area contributed by atoms with Crippen LogP contribution in [0.4, 0.5) is 0 Å². The maximum absolute atomic E-state index is 4.27. The minimum atomic E-state index is 0.608. The lowest BCUT2D eigenvalue weighted by Crippen LogP contribution is -2.18. The van der Waals surface area contributed by atoms with Crippen LogP contribution in [0.5, 0.6) is 0 Å². The lowest BCUT2D eigenvalue weighted by atomic mass is 10.0. The van der Waals surface area contributed by atoms with E-state index in [9.17, 15) is 0 Å². The molecular formula is C13H23N3. The molecule has 0 spiro atoms. The van der Waals surface area contributed by atoms with Gasteiger partial charge >= 0.3 is 0 Å². The number of nitrogens with one attached hydrogen (secondary N) is 1. The SMILES string of the molecule is CCCC1(Cn2cncc2CNCC)CC1. The molecule has 0 aliphatic heterocycles. The topological polar surface area (TPSA) is 29.9 Å². The Morgan fingerprint density at radius 3 is 2.88 bits per heavy atom. The van der Waals surface area contributed by atoms with Gasteiger partial charge in [-0.25, -0.2) is 4.98 Å². The van der Waals surface area contributed by atoms with Crippen LogP contribution in [0, 0.1) is 5.41 Å². The van der Waals surface area contributed by atoms with Gasteiger partial charge in [0.1, 0.15) is 0 Å². The standard InChI is InChI=1S/C13H23N3/c1-3-5-13(6-7-13)10-16-11-15-9-12(16)8-14-4-2/h9,11,14H,3-8,10H2,1-2H3. The summed E-state index contributed by atoms with van der Waals surface area (Å²) in [4.78, 5) is 4.27. The van der Waals surface area contributed by atoms with Gasteiger partial charge in [0, 0.05) is 19.3 Å². The van der Waals surface area contributed by atoms with Crippen molar-refractivity contribution in [3.05, 3.63) is 18.2 Å². The van der Waals surface area contributed by atoms with E-state index in [4.69, 9.17) is 0 Å². The maximum atomic E-state index is 4.27. The smallest absolute Gasteiger partial charge is 0.0948 e. The van der Waals surface area contributed by atoms with Crippen LogP contribution in [-0.4, -0.2) is 16.1 Å². The van der Waals surface area contributed by atoms with Crippen molar-refractivity contribution in [3.8, 4) is 0 Å². The summed E-state index contributed by atoms with van der Waals surface area (Å²) < 4.78 is 2.34. The Morgan fingerprint density at radius 2 is 2.25 bits per heavy atom. The summed E-state index contributed by atoms with van der Waals surface area (Å²) >= 11 is 0. The van der Waals surface area contributed by atoms with Crippen molar-refractivity contribution in [2.45, 2.75) is 52.6 Å². The third-order valence-electron chi connectivity index (χ3n) is 3.60. The maximum Gasteiger partial charge on any atom is 0.0948 e. The second-order valence-corrected chi connectivity index (χ2v) is 5.04. The molecule has 1 heterocycles. The molecule has 16 heavy (non-hydrogen) atoms. The molecule has 1 saturated carbocycles. The molecule has 0 unspecified atom stereocenters. The lowest BCUT2D eigenvalue weighted by molar-refractivity contribution is 0.380. The van der Waals surface area contributed by atoms with Crippen molar-refractivity contribution < 1.29 is 0 Å². The Labute approximate surface area is 98.3 Å². The van der Waals surface area contributed by atoms with Crippen LogP contribution in [0.3, 0.4) is 0 Å². The van der Waals surface area contributed by atoms with Crippen molar-refractivity contribution >= 4 is 0 Å². The van der Waals surface area contributed by atoms with E-state index < -0.39 is 0 Å². The molecule has 0 amide bonds.